The maximum atomic E-state index is 13.5. The molecule has 34 heavy (non-hydrogen) atoms. The van der Waals surface area contributed by atoms with Crippen LogP contribution in [0.5, 0.6) is 17.2 Å². The molecule has 7 nitrogen and oxygen atoms in total. The van der Waals surface area contributed by atoms with Gasteiger partial charge in [0.2, 0.25) is 0 Å². The summed E-state index contributed by atoms with van der Waals surface area (Å²) in [6.07, 6.45) is 8.20. The molecule has 1 aliphatic carbocycles. The molecular formula is C27H32N2O5. The average molecular weight is 465 g/mol. The van der Waals surface area contributed by atoms with Crippen LogP contribution in [0.3, 0.4) is 0 Å². The van der Waals surface area contributed by atoms with E-state index in [4.69, 9.17) is 14.2 Å². The first-order valence-electron chi connectivity index (χ1n) is 11.9. The maximum absolute atomic E-state index is 13.5. The van der Waals surface area contributed by atoms with Gasteiger partial charge in [0, 0.05) is 23.3 Å². The highest BCUT2D eigenvalue weighted by Gasteiger charge is 2.21. The third-order valence-electron chi connectivity index (χ3n) is 6.38. The predicted octanol–water partition coefficient (Wildman–Crippen LogP) is 4.86. The molecule has 1 fully saturated rings. The molecule has 2 aromatic carbocycles. The van der Waals surface area contributed by atoms with E-state index in [1.807, 2.05) is 31.2 Å². The van der Waals surface area contributed by atoms with Gasteiger partial charge in [0.1, 0.15) is 5.75 Å². The van der Waals surface area contributed by atoms with Crippen molar-refractivity contribution in [1.82, 2.24) is 9.88 Å². The maximum Gasteiger partial charge on any atom is 0.263 e. The standard InChI is InChI=1S/C27H32N2O5/c1-4-34-20-13-11-19(12-14-20)29-17-23(26(30)28-18-9-7-5-6-8-10-18)21-15-24(32-2)25(33-3)16-22(21)27(29)31/h11-18H,4-10H2,1-3H3,(H,28,30). The number of nitrogens with one attached hydrogen (secondary N) is 1. The summed E-state index contributed by atoms with van der Waals surface area (Å²) in [5.41, 5.74) is 0.827. The lowest BCUT2D eigenvalue weighted by Crippen LogP contribution is -2.35. The van der Waals surface area contributed by atoms with E-state index in [0.29, 0.717) is 40.1 Å². The second-order valence-corrected chi connectivity index (χ2v) is 8.56. The zero-order valence-corrected chi connectivity index (χ0v) is 20.1. The second-order valence-electron chi connectivity index (χ2n) is 8.56. The van der Waals surface area contributed by atoms with E-state index < -0.39 is 0 Å². The average Bonchev–Trinajstić information content (AvgIpc) is 3.13. The predicted molar refractivity (Wildman–Crippen MR) is 133 cm³/mol. The number of carbonyl (C=O) groups excluding carboxylic acids is 1. The number of amides is 1. The molecule has 1 N–H and O–H groups in total. The van der Waals surface area contributed by atoms with E-state index in [9.17, 15) is 9.59 Å². The Bertz CT molecular complexity index is 1210. The van der Waals surface area contributed by atoms with Crippen LogP contribution in [0.2, 0.25) is 0 Å². The Labute approximate surface area is 199 Å². The minimum Gasteiger partial charge on any atom is -0.494 e. The number of fused-ring (bicyclic) bond motifs is 1. The zero-order chi connectivity index (χ0) is 24.1. The highest BCUT2D eigenvalue weighted by molar-refractivity contribution is 6.07. The Balaban J connectivity index is 1.85. The van der Waals surface area contributed by atoms with Gasteiger partial charge in [-0.15, -0.1) is 0 Å². The first-order valence-corrected chi connectivity index (χ1v) is 11.9. The lowest BCUT2D eigenvalue weighted by molar-refractivity contribution is 0.0934. The molecule has 180 valence electrons. The summed E-state index contributed by atoms with van der Waals surface area (Å²) >= 11 is 0. The topological polar surface area (TPSA) is 78.8 Å². The number of benzene rings is 2. The summed E-state index contributed by atoms with van der Waals surface area (Å²) in [5, 5.41) is 4.14. The van der Waals surface area contributed by atoms with Gasteiger partial charge in [-0.2, -0.15) is 0 Å². The van der Waals surface area contributed by atoms with Crippen LogP contribution in [0.15, 0.2) is 47.4 Å². The summed E-state index contributed by atoms with van der Waals surface area (Å²) < 4.78 is 17.9. The molecule has 0 spiro atoms. The van der Waals surface area contributed by atoms with Gasteiger partial charge in [-0.05, 0) is 56.2 Å². The Morgan fingerprint density at radius 3 is 2.18 bits per heavy atom. The van der Waals surface area contributed by atoms with Gasteiger partial charge < -0.3 is 19.5 Å². The summed E-state index contributed by atoms with van der Waals surface area (Å²) in [5.74, 6) is 1.44. The number of hydrogen-bond acceptors (Lipinski definition) is 5. The quantitative estimate of drug-likeness (QED) is 0.505. The molecule has 1 aromatic heterocycles. The van der Waals surface area contributed by atoms with Crippen LogP contribution < -0.4 is 25.1 Å². The lowest BCUT2D eigenvalue weighted by Gasteiger charge is -2.19. The molecule has 4 rings (SSSR count). The fourth-order valence-electron chi connectivity index (χ4n) is 4.60. The molecule has 0 saturated heterocycles. The number of ether oxygens (including phenoxy) is 3. The van der Waals surface area contributed by atoms with Crippen molar-refractivity contribution in [3.63, 3.8) is 0 Å². The fraction of sp³-hybridized carbons (Fsp3) is 0.407. The van der Waals surface area contributed by atoms with E-state index in [2.05, 4.69) is 5.32 Å². The van der Waals surface area contributed by atoms with Crippen molar-refractivity contribution in [2.75, 3.05) is 20.8 Å². The first-order chi connectivity index (χ1) is 16.5. The number of hydrogen-bond donors (Lipinski definition) is 1. The van der Waals surface area contributed by atoms with E-state index in [1.54, 1.807) is 18.3 Å². The van der Waals surface area contributed by atoms with Crippen LogP contribution >= 0.6 is 0 Å². The molecule has 1 aliphatic rings. The van der Waals surface area contributed by atoms with Gasteiger partial charge >= 0.3 is 0 Å². The second kappa shape index (κ2) is 10.6. The summed E-state index contributed by atoms with van der Waals surface area (Å²) in [7, 11) is 3.06. The smallest absolute Gasteiger partial charge is 0.263 e. The number of aromatic nitrogens is 1. The van der Waals surface area contributed by atoms with E-state index in [1.165, 1.54) is 31.6 Å². The number of methoxy groups -OCH3 is 2. The van der Waals surface area contributed by atoms with Crippen molar-refractivity contribution in [3.05, 3.63) is 58.5 Å². The highest BCUT2D eigenvalue weighted by Crippen LogP contribution is 2.33. The van der Waals surface area contributed by atoms with Gasteiger partial charge in [-0.3, -0.25) is 14.2 Å². The van der Waals surface area contributed by atoms with Crippen LogP contribution in [-0.2, 0) is 0 Å². The molecular weight excluding hydrogens is 432 g/mol. The van der Waals surface area contributed by atoms with Crippen molar-refractivity contribution in [3.8, 4) is 22.9 Å². The third kappa shape index (κ3) is 4.88. The molecule has 0 aliphatic heterocycles. The van der Waals surface area contributed by atoms with Crippen molar-refractivity contribution >= 4 is 16.7 Å². The van der Waals surface area contributed by atoms with E-state index >= 15 is 0 Å². The molecule has 3 aromatic rings. The molecule has 1 amide bonds. The van der Waals surface area contributed by atoms with Crippen molar-refractivity contribution in [2.24, 2.45) is 0 Å². The molecule has 1 heterocycles. The zero-order valence-electron chi connectivity index (χ0n) is 20.1. The van der Waals surface area contributed by atoms with Crippen LogP contribution in [0.25, 0.3) is 16.5 Å². The minimum atomic E-state index is -0.244. The summed E-state index contributed by atoms with van der Waals surface area (Å²) in [4.78, 5) is 27.0. The SMILES string of the molecule is CCOc1ccc(-n2cc(C(=O)NC3CCCCCC3)c3cc(OC)c(OC)cc3c2=O)cc1. The number of carbonyl (C=O) groups is 1. The van der Waals surface area contributed by atoms with Crippen LogP contribution in [-0.4, -0.2) is 37.3 Å². The monoisotopic (exact) mass is 464 g/mol. The normalized spacial score (nSPS) is 14.4. The Morgan fingerprint density at radius 2 is 1.59 bits per heavy atom. The number of pyridine rings is 1. The third-order valence-corrected chi connectivity index (χ3v) is 6.38. The highest BCUT2D eigenvalue weighted by atomic mass is 16.5. The molecule has 0 bridgehead atoms. The number of rotatable bonds is 7. The molecule has 0 radical (unpaired) electrons. The van der Waals surface area contributed by atoms with Gasteiger partial charge in [0.25, 0.3) is 11.5 Å². The molecule has 7 heteroatoms. The largest absolute Gasteiger partial charge is 0.494 e. The van der Waals surface area contributed by atoms with Crippen molar-refractivity contribution in [1.29, 1.82) is 0 Å². The van der Waals surface area contributed by atoms with Crippen LogP contribution in [0, 0.1) is 0 Å². The Morgan fingerprint density at radius 1 is 0.971 bits per heavy atom. The number of nitrogens with zero attached hydrogens (tertiary/aromatic N) is 1. The van der Waals surface area contributed by atoms with E-state index in [-0.39, 0.29) is 17.5 Å². The van der Waals surface area contributed by atoms with Crippen LogP contribution in [0.1, 0.15) is 55.8 Å². The van der Waals surface area contributed by atoms with Gasteiger partial charge in [0.05, 0.1) is 31.8 Å². The minimum absolute atomic E-state index is 0.135. The molecule has 0 unspecified atom stereocenters. The van der Waals surface area contributed by atoms with Gasteiger partial charge in [-0.25, -0.2) is 0 Å². The van der Waals surface area contributed by atoms with Gasteiger partial charge in [-0.1, -0.05) is 25.7 Å². The van der Waals surface area contributed by atoms with Gasteiger partial charge in [0.15, 0.2) is 11.5 Å². The Hall–Kier alpha value is -3.48. The lowest BCUT2D eigenvalue weighted by atomic mass is 10.0. The fourth-order valence-corrected chi connectivity index (χ4v) is 4.60. The molecule has 0 atom stereocenters. The summed E-state index contributed by atoms with van der Waals surface area (Å²) in [6, 6.07) is 10.7. The van der Waals surface area contributed by atoms with Crippen LogP contribution in [0.4, 0.5) is 0 Å². The first kappa shape index (κ1) is 23.7. The van der Waals surface area contributed by atoms with Crippen molar-refractivity contribution in [2.45, 2.75) is 51.5 Å². The van der Waals surface area contributed by atoms with E-state index in [0.717, 1.165) is 31.4 Å². The molecule has 1 saturated carbocycles. The Kier molecular flexibility index (Phi) is 7.40. The van der Waals surface area contributed by atoms with Crippen molar-refractivity contribution < 1.29 is 19.0 Å². The summed E-state index contributed by atoms with van der Waals surface area (Å²) in [6.45, 7) is 2.48.